The molecule has 0 radical (unpaired) electrons. The number of ether oxygens (including phenoxy) is 2. The lowest BCUT2D eigenvalue weighted by molar-refractivity contribution is 0.0949. The molecular weight excluding hydrogens is 400 g/mol. The maximum Gasteiger partial charge on any atom is 0.265 e. The van der Waals surface area contributed by atoms with Crippen molar-refractivity contribution < 1.29 is 19.1 Å². The van der Waals surface area contributed by atoms with Gasteiger partial charge in [-0.2, -0.15) is 0 Å². The number of methoxy groups -OCH3 is 1. The third kappa shape index (κ3) is 5.61. The van der Waals surface area contributed by atoms with Crippen LogP contribution in [0.5, 0.6) is 11.5 Å². The molecule has 0 bridgehead atoms. The lowest BCUT2D eigenvalue weighted by Crippen LogP contribution is -2.23. The molecule has 156 valence electrons. The van der Waals surface area contributed by atoms with Gasteiger partial charge >= 0.3 is 0 Å². The van der Waals surface area contributed by atoms with E-state index in [1.54, 1.807) is 37.4 Å². The quantitative estimate of drug-likeness (QED) is 0.521. The number of anilines is 1. The van der Waals surface area contributed by atoms with Crippen molar-refractivity contribution in [2.75, 3.05) is 19.0 Å². The molecule has 0 spiro atoms. The van der Waals surface area contributed by atoms with Crippen LogP contribution in [0.15, 0.2) is 60.0 Å². The average molecular weight is 425 g/mol. The minimum atomic E-state index is -0.229. The van der Waals surface area contributed by atoms with E-state index in [0.29, 0.717) is 40.8 Å². The van der Waals surface area contributed by atoms with E-state index in [1.807, 2.05) is 36.6 Å². The zero-order valence-electron chi connectivity index (χ0n) is 16.9. The second kappa shape index (κ2) is 10.5. The van der Waals surface area contributed by atoms with Crippen LogP contribution in [0.2, 0.25) is 0 Å². The molecular formula is C23H24N2O4S. The Labute approximate surface area is 179 Å². The number of hydrogen-bond donors (Lipinski definition) is 2. The van der Waals surface area contributed by atoms with Crippen molar-refractivity contribution in [1.82, 2.24) is 5.32 Å². The normalized spacial score (nSPS) is 10.3. The molecule has 0 aliphatic carbocycles. The Kier molecular flexibility index (Phi) is 7.45. The van der Waals surface area contributed by atoms with Gasteiger partial charge in [-0.1, -0.05) is 25.1 Å². The second-order valence-electron chi connectivity index (χ2n) is 6.53. The molecule has 0 atom stereocenters. The molecule has 0 aliphatic rings. The summed E-state index contributed by atoms with van der Waals surface area (Å²) in [4.78, 5) is 25.4. The largest absolute Gasteiger partial charge is 0.493 e. The molecule has 3 rings (SSSR count). The molecule has 0 unspecified atom stereocenters. The fourth-order valence-corrected chi connectivity index (χ4v) is 3.40. The van der Waals surface area contributed by atoms with Crippen molar-refractivity contribution in [3.8, 4) is 11.5 Å². The van der Waals surface area contributed by atoms with Gasteiger partial charge in [-0.15, -0.1) is 11.3 Å². The summed E-state index contributed by atoms with van der Waals surface area (Å²) in [7, 11) is 1.59. The van der Waals surface area contributed by atoms with E-state index in [2.05, 4.69) is 10.6 Å². The first-order valence-corrected chi connectivity index (χ1v) is 10.5. The lowest BCUT2D eigenvalue weighted by Gasteiger charge is -2.12. The van der Waals surface area contributed by atoms with Crippen molar-refractivity contribution in [3.63, 3.8) is 0 Å². The van der Waals surface area contributed by atoms with Crippen molar-refractivity contribution >= 4 is 28.8 Å². The molecule has 0 saturated carbocycles. The summed E-state index contributed by atoms with van der Waals surface area (Å²) < 4.78 is 11.0. The molecule has 2 N–H and O–H groups in total. The van der Waals surface area contributed by atoms with Gasteiger partial charge in [0, 0.05) is 17.8 Å². The molecule has 0 fully saturated rings. The molecule has 7 heteroatoms. The van der Waals surface area contributed by atoms with Crippen LogP contribution in [0.3, 0.4) is 0 Å². The predicted octanol–water partition coefficient (Wildman–Crippen LogP) is 4.73. The molecule has 1 heterocycles. The lowest BCUT2D eigenvalue weighted by atomic mass is 10.1. The number of amides is 2. The van der Waals surface area contributed by atoms with Gasteiger partial charge in [-0.05, 0) is 53.8 Å². The molecule has 0 aliphatic heterocycles. The number of carbonyl (C=O) groups excluding carboxylic acids is 2. The van der Waals surface area contributed by atoms with Crippen molar-refractivity contribution in [2.45, 2.75) is 19.9 Å². The minimum absolute atomic E-state index is 0.194. The topological polar surface area (TPSA) is 76.7 Å². The van der Waals surface area contributed by atoms with Crippen LogP contribution >= 0.6 is 11.3 Å². The summed E-state index contributed by atoms with van der Waals surface area (Å²) in [5.74, 6) is 0.893. The Balaban J connectivity index is 1.61. The third-order valence-electron chi connectivity index (χ3n) is 4.27. The Bertz CT molecular complexity index is 1000. The van der Waals surface area contributed by atoms with Gasteiger partial charge in [-0.3, -0.25) is 9.59 Å². The van der Waals surface area contributed by atoms with Crippen LogP contribution < -0.4 is 20.1 Å². The molecule has 0 saturated heterocycles. The highest BCUT2D eigenvalue weighted by Crippen LogP contribution is 2.28. The van der Waals surface area contributed by atoms with Crippen LogP contribution in [-0.2, 0) is 6.54 Å². The fourth-order valence-electron chi connectivity index (χ4n) is 2.78. The molecule has 2 aromatic carbocycles. The Morgan fingerprint density at radius 2 is 1.87 bits per heavy atom. The zero-order valence-corrected chi connectivity index (χ0v) is 17.8. The minimum Gasteiger partial charge on any atom is -0.493 e. The third-order valence-corrected chi connectivity index (χ3v) is 5.14. The van der Waals surface area contributed by atoms with Crippen LogP contribution in [0.1, 0.15) is 38.9 Å². The summed E-state index contributed by atoms with van der Waals surface area (Å²) in [5.41, 5.74) is 1.93. The Morgan fingerprint density at radius 1 is 1.00 bits per heavy atom. The van der Waals surface area contributed by atoms with Crippen molar-refractivity contribution in [2.24, 2.45) is 0 Å². The zero-order chi connectivity index (χ0) is 21.3. The summed E-state index contributed by atoms with van der Waals surface area (Å²) in [6.07, 6.45) is 0.911. The van der Waals surface area contributed by atoms with Gasteiger partial charge in [0.1, 0.15) is 0 Å². The summed E-state index contributed by atoms with van der Waals surface area (Å²) >= 11 is 1.36. The van der Waals surface area contributed by atoms with E-state index in [0.717, 1.165) is 12.0 Å². The van der Waals surface area contributed by atoms with Crippen LogP contribution in [-0.4, -0.2) is 25.5 Å². The van der Waals surface area contributed by atoms with Gasteiger partial charge in [0.25, 0.3) is 11.8 Å². The summed E-state index contributed by atoms with van der Waals surface area (Å²) in [6.45, 7) is 3.00. The predicted molar refractivity (Wildman–Crippen MR) is 119 cm³/mol. The first-order valence-electron chi connectivity index (χ1n) is 9.63. The average Bonchev–Trinajstić information content (AvgIpc) is 3.31. The second-order valence-corrected chi connectivity index (χ2v) is 7.48. The standard InChI is InChI=1S/C23H24N2O4S/c1-3-11-29-19-10-9-16(13-20(19)28-2)15-24-22(26)17-6-4-7-18(14-17)25-23(27)21-8-5-12-30-21/h4-10,12-14H,3,11,15H2,1-2H3,(H,24,26)(H,25,27). The van der Waals surface area contributed by atoms with E-state index in [1.165, 1.54) is 11.3 Å². The maximum atomic E-state index is 12.6. The maximum absolute atomic E-state index is 12.6. The van der Waals surface area contributed by atoms with Gasteiger partial charge in [0.05, 0.1) is 18.6 Å². The Hall–Kier alpha value is -3.32. The van der Waals surface area contributed by atoms with Crippen LogP contribution in [0, 0.1) is 0 Å². The van der Waals surface area contributed by atoms with Gasteiger partial charge in [-0.25, -0.2) is 0 Å². The van der Waals surface area contributed by atoms with Gasteiger partial charge in [0.2, 0.25) is 0 Å². The fraction of sp³-hybridized carbons (Fsp3) is 0.217. The van der Waals surface area contributed by atoms with E-state index in [9.17, 15) is 9.59 Å². The summed E-state index contributed by atoms with van der Waals surface area (Å²) in [5, 5.41) is 7.55. The highest BCUT2D eigenvalue weighted by atomic mass is 32.1. The van der Waals surface area contributed by atoms with E-state index < -0.39 is 0 Å². The number of nitrogens with one attached hydrogen (secondary N) is 2. The van der Waals surface area contributed by atoms with E-state index >= 15 is 0 Å². The molecule has 3 aromatic rings. The van der Waals surface area contributed by atoms with Gasteiger partial charge < -0.3 is 20.1 Å². The highest BCUT2D eigenvalue weighted by molar-refractivity contribution is 7.12. The van der Waals surface area contributed by atoms with E-state index in [4.69, 9.17) is 9.47 Å². The highest BCUT2D eigenvalue weighted by Gasteiger charge is 2.11. The first kappa shape index (κ1) is 21.4. The monoisotopic (exact) mass is 424 g/mol. The Morgan fingerprint density at radius 3 is 2.60 bits per heavy atom. The van der Waals surface area contributed by atoms with Crippen LogP contribution in [0.4, 0.5) is 5.69 Å². The first-order chi connectivity index (χ1) is 14.6. The number of thiophene rings is 1. The molecule has 30 heavy (non-hydrogen) atoms. The van der Waals surface area contributed by atoms with Crippen molar-refractivity contribution in [3.05, 3.63) is 76.0 Å². The summed E-state index contributed by atoms with van der Waals surface area (Å²) in [6, 6.07) is 16.0. The molecule has 6 nitrogen and oxygen atoms in total. The number of hydrogen-bond acceptors (Lipinski definition) is 5. The molecule has 1 aromatic heterocycles. The van der Waals surface area contributed by atoms with Crippen molar-refractivity contribution in [1.29, 1.82) is 0 Å². The smallest absolute Gasteiger partial charge is 0.265 e. The van der Waals surface area contributed by atoms with E-state index in [-0.39, 0.29) is 11.8 Å². The van der Waals surface area contributed by atoms with Crippen LogP contribution in [0.25, 0.3) is 0 Å². The van der Waals surface area contributed by atoms with Gasteiger partial charge in [0.15, 0.2) is 11.5 Å². The number of rotatable bonds is 9. The number of carbonyl (C=O) groups is 2. The number of benzene rings is 2. The SMILES string of the molecule is CCCOc1ccc(CNC(=O)c2cccc(NC(=O)c3cccs3)c2)cc1OC. The molecule has 2 amide bonds.